The van der Waals surface area contributed by atoms with Crippen LogP contribution in [0.15, 0.2) is 18.2 Å². The first-order chi connectivity index (χ1) is 8.81. The molecule has 0 saturated carbocycles. The van der Waals surface area contributed by atoms with E-state index in [0.717, 1.165) is 22.5 Å². The minimum atomic E-state index is -3.90. The number of nitrogens with zero attached hydrogens (tertiary/aromatic N) is 1. The van der Waals surface area contributed by atoms with Crippen LogP contribution in [0.1, 0.15) is 24.2 Å². The van der Waals surface area contributed by atoms with Gasteiger partial charge in [-0.2, -0.15) is 12.7 Å². The molecule has 0 radical (unpaired) electrons. The lowest BCUT2D eigenvalue weighted by atomic mass is 10.2. The van der Waals surface area contributed by atoms with Gasteiger partial charge >= 0.3 is 16.2 Å². The number of rotatable bonds is 6. The summed E-state index contributed by atoms with van der Waals surface area (Å²) in [4.78, 5) is 11.0. The summed E-state index contributed by atoms with van der Waals surface area (Å²) in [5, 5.41) is 8.94. The number of carbonyl (C=O) groups is 1. The molecule has 19 heavy (non-hydrogen) atoms. The number of carboxylic acids is 1. The Labute approximate surface area is 111 Å². The maximum Gasteiger partial charge on any atom is 0.337 e. The van der Waals surface area contributed by atoms with Gasteiger partial charge in [0.05, 0.1) is 11.3 Å². The molecule has 0 atom stereocenters. The van der Waals surface area contributed by atoms with Gasteiger partial charge < -0.3 is 5.11 Å². The Hall–Kier alpha value is -1.67. The van der Waals surface area contributed by atoms with E-state index in [1.807, 2.05) is 0 Å². The first kappa shape index (κ1) is 15.4. The van der Waals surface area contributed by atoms with Crippen molar-refractivity contribution in [2.24, 2.45) is 0 Å². The van der Waals surface area contributed by atoms with Gasteiger partial charge in [-0.1, -0.05) is 13.8 Å². The van der Waals surface area contributed by atoms with Crippen LogP contribution in [0.4, 0.5) is 10.1 Å². The molecule has 0 amide bonds. The van der Waals surface area contributed by atoms with E-state index in [-0.39, 0.29) is 24.3 Å². The quantitative estimate of drug-likeness (QED) is 0.831. The normalized spacial score (nSPS) is 11.6. The lowest BCUT2D eigenvalue weighted by Gasteiger charge is -2.20. The standard InChI is InChI=1S/C11H15FN2O4S/c1-3-14(4-2)19(17,18)13-10-7-8(12)5-6-9(10)11(15)16/h5-7,13H,3-4H2,1-2H3,(H,15,16). The largest absolute Gasteiger partial charge is 0.478 e. The Morgan fingerprint density at radius 2 is 1.95 bits per heavy atom. The summed E-state index contributed by atoms with van der Waals surface area (Å²) in [5.74, 6) is -2.06. The Balaban J connectivity index is 3.18. The number of halogens is 1. The lowest BCUT2D eigenvalue weighted by Crippen LogP contribution is -2.35. The first-order valence-electron chi connectivity index (χ1n) is 5.62. The fourth-order valence-electron chi connectivity index (χ4n) is 1.55. The third-order valence-electron chi connectivity index (χ3n) is 2.50. The predicted octanol–water partition coefficient (Wildman–Crippen LogP) is 1.52. The summed E-state index contributed by atoms with van der Waals surface area (Å²) in [6.07, 6.45) is 0. The predicted molar refractivity (Wildman–Crippen MR) is 68.8 cm³/mol. The number of benzene rings is 1. The van der Waals surface area contributed by atoms with Gasteiger partial charge in [0.2, 0.25) is 0 Å². The van der Waals surface area contributed by atoms with Gasteiger partial charge in [-0.05, 0) is 18.2 Å². The van der Waals surface area contributed by atoms with Gasteiger partial charge in [-0.3, -0.25) is 4.72 Å². The molecule has 1 aromatic rings. The zero-order chi connectivity index (χ0) is 14.6. The molecule has 0 aromatic heterocycles. The van der Waals surface area contributed by atoms with E-state index in [0.29, 0.717) is 0 Å². The molecular formula is C11H15FN2O4S. The molecule has 106 valence electrons. The van der Waals surface area contributed by atoms with Crippen LogP contribution < -0.4 is 4.72 Å². The van der Waals surface area contributed by atoms with Crippen molar-refractivity contribution in [2.75, 3.05) is 17.8 Å². The molecule has 0 bridgehead atoms. The second-order valence-electron chi connectivity index (χ2n) is 3.69. The maximum absolute atomic E-state index is 13.1. The fourth-order valence-corrected chi connectivity index (χ4v) is 2.81. The summed E-state index contributed by atoms with van der Waals surface area (Å²) in [6, 6.07) is 2.81. The molecule has 1 rings (SSSR count). The summed E-state index contributed by atoms with van der Waals surface area (Å²) >= 11 is 0. The molecule has 1 aromatic carbocycles. The summed E-state index contributed by atoms with van der Waals surface area (Å²) in [5.41, 5.74) is -0.600. The van der Waals surface area contributed by atoms with E-state index in [1.165, 1.54) is 0 Å². The van der Waals surface area contributed by atoms with Gasteiger partial charge in [0.15, 0.2) is 0 Å². The fraction of sp³-hybridized carbons (Fsp3) is 0.364. The van der Waals surface area contributed by atoms with E-state index in [2.05, 4.69) is 4.72 Å². The molecule has 0 aliphatic rings. The molecule has 8 heteroatoms. The van der Waals surface area contributed by atoms with Crippen LogP contribution in [-0.2, 0) is 10.2 Å². The van der Waals surface area contributed by atoms with Crippen LogP contribution in [0, 0.1) is 5.82 Å². The average molecular weight is 290 g/mol. The molecule has 0 heterocycles. The van der Waals surface area contributed by atoms with Gasteiger partial charge in [0.1, 0.15) is 5.82 Å². The Morgan fingerprint density at radius 3 is 2.42 bits per heavy atom. The number of carboxylic acid groups (broad SMARTS) is 1. The molecule has 6 nitrogen and oxygen atoms in total. The van der Waals surface area contributed by atoms with E-state index < -0.39 is 22.0 Å². The molecule has 0 unspecified atom stereocenters. The number of anilines is 1. The van der Waals surface area contributed by atoms with Crippen molar-refractivity contribution in [3.8, 4) is 0 Å². The molecule has 0 aliphatic carbocycles. The third-order valence-corrected chi connectivity index (χ3v) is 4.17. The van der Waals surface area contributed by atoms with Crippen molar-refractivity contribution in [2.45, 2.75) is 13.8 Å². The van der Waals surface area contributed by atoms with Crippen molar-refractivity contribution in [1.29, 1.82) is 0 Å². The zero-order valence-electron chi connectivity index (χ0n) is 10.6. The van der Waals surface area contributed by atoms with Crippen LogP contribution in [0.5, 0.6) is 0 Å². The minimum absolute atomic E-state index is 0.226. The van der Waals surface area contributed by atoms with E-state index >= 15 is 0 Å². The van der Waals surface area contributed by atoms with Crippen molar-refractivity contribution >= 4 is 21.9 Å². The van der Waals surface area contributed by atoms with E-state index in [9.17, 15) is 17.6 Å². The van der Waals surface area contributed by atoms with Crippen molar-refractivity contribution in [1.82, 2.24) is 4.31 Å². The third kappa shape index (κ3) is 3.65. The molecule has 0 aliphatic heterocycles. The topological polar surface area (TPSA) is 86.7 Å². The van der Waals surface area contributed by atoms with Gasteiger partial charge in [-0.15, -0.1) is 0 Å². The van der Waals surface area contributed by atoms with Gasteiger partial charge in [0, 0.05) is 13.1 Å². The van der Waals surface area contributed by atoms with Crippen LogP contribution in [0.2, 0.25) is 0 Å². The monoisotopic (exact) mass is 290 g/mol. The summed E-state index contributed by atoms with van der Waals surface area (Å²) in [7, 11) is -3.90. The smallest absolute Gasteiger partial charge is 0.337 e. The number of hydrogen-bond acceptors (Lipinski definition) is 3. The van der Waals surface area contributed by atoms with Crippen LogP contribution in [0.3, 0.4) is 0 Å². The summed E-state index contributed by atoms with van der Waals surface area (Å²) < 4.78 is 40.2. The highest BCUT2D eigenvalue weighted by molar-refractivity contribution is 7.90. The SMILES string of the molecule is CCN(CC)S(=O)(=O)Nc1cc(F)ccc1C(=O)O. The minimum Gasteiger partial charge on any atom is -0.478 e. The first-order valence-corrected chi connectivity index (χ1v) is 7.06. The van der Waals surface area contributed by atoms with Gasteiger partial charge in [0.25, 0.3) is 0 Å². The molecule has 2 N–H and O–H groups in total. The lowest BCUT2D eigenvalue weighted by molar-refractivity contribution is 0.0698. The number of nitrogens with one attached hydrogen (secondary N) is 1. The molecule has 0 fully saturated rings. The van der Waals surface area contributed by atoms with Crippen LogP contribution in [-0.4, -0.2) is 36.9 Å². The van der Waals surface area contributed by atoms with Crippen LogP contribution >= 0.6 is 0 Å². The molecule has 0 spiro atoms. The molecule has 0 saturated heterocycles. The average Bonchev–Trinajstić information content (AvgIpc) is 2.28. The maximum atomic E-state index is 13.1. The highest BCUT2D eigenvalue weighted by Gasteiger charge is 2.21. The summed E-state index contributed by atoms with van der Waals surface area (Å²) in [6.45, 7) is 3.74. The molecular weight excluding hydrogens is 275 g/mol. The Kier molecular flexibility index (Phi) is 4.84. The number of aromatic carboxylic acids is 1. The van der Waals surface area contributed by atoms with E-state index in [4.69, 9.17) is 5.11 Å². The van der Waals surface area contributed by atoms with E-state index in [1.54, 1.807) is 13.8 Å². The second kappa shape index (κ2) is 5.98. The number of hydrogen-bond donors (Lipinski definition) is 2. The zero-order valence-corrected chi connectivity index (χ0v) is 11.4. The Bertz CT molecular complexity index is 570. The van der Waals surface area contributed by atoms with Crippen molar-refractivity contribution in [3.05, 3.63) is 29.6 Å². The Morgan fingerprint density at radius 1 is 1.37 bits per heavy atom. The second-order valence-corrected chi connectivity index (χ2v) is 5.36. The van der Waals surface area contributed by atoms with Crippen molar-refractivity contribution < 1.29 is 22.7 Å². The van der Waals surface area contributed by atoms with Crippen LogP contribution in [0.25, 0.3) is 0 Å². The van der Waals surface area contributed by atoms with Crippen molar-refractivity contribution in [3.63, 3.8) is 0 Å². The highest BCUT2D eigenvalue weighted by Crippen LogP contribution is 2.19. The van der Waals surface area contributed by atoms with Gasteiger partial charge in [-0.25, -0.2) is 9.18 Å². The highest BCUT2D eigenvalue weighted by atomic mass is 32.2.